The molecule has 9 nitrogen and oxygen atoms in total. The Balaban J connectivity index is 1.93. The van der Waals surface area contributed by atoms with E-state index in [2.05, 4.69) is 31.3 Å². The molecule has 5 atom stereocenters. The number of hydrogen-bond donors (Lipinski definition) is 1. The number of amides is 3. The van der Waals surface area contributed by atoms with Crippen molar-refractivity contribution in [3.63, 3.8) is 0 Å². The zero-order valence-corrected chi connectivity index (χ0v) is 12.1. The topological polar surface area (TPSA) is 117 Å². The molecule has 3 fully saturated rings. The van der Waals surface area contributed by atoms with Crippen molar-refractivity contribution in [2.75, 3.05) is 6.61 Å². The Kier molecular flexibility index (Phi) is 3.13. The van der Waals surface area contributed by atoms with Gasteiger partial charge in [0.2, 0.25) is 5.91 Å². The van der Waals surface area contributed by atoms with Gasteiger partial charge in [0.1, 0.15) is 10.6 Å². The van der Waals surface area contributed by atoms with Crippen molar-refractivity contribution in [3.05, 3.63) is 10.4 Å². The summed E-state index contributed by atoms with van der Waals surface area (Å²) in [5, 5.41) is 5.92. The highest BCUT2D eigenvalue weighted by molar-refractivity contribution is 9.10. The van der Waals surface area contributed by atoms with E-state index in [-0.39, 0.29) is 12.6 Å². The fourth-order valence-electron chi connectivity index (χ4n) is 2.69. The summed E-state index contributed by atoms with van der Waals surface area (Å²) in [6, 6.07) is -0.942. The van der Waals surface area contributed by atoms with Crippen LogP contribution in [0.5, 0.6) is 0 Å². The average molecular weight is 346 g/mol. The predicted octanol–water partition coefficient (Wildman–Crippen LogP) is 0.842. The van der Waals surface area contributed by atoms with Crippen molar-refractivity contribution < 1.29 is 19.1 Å². The Morgan fingerprint density at radius 3 is 3.05 bits per heavy atom. The second-order valence-corrected chi connectivity index (χ2v) is 6.71. The molecule has 0 saturated carbocycles. The molecular formula is C10H12BrN5O4. The lowest BCUT2D eigenvalue weighted by molar-refractivity contribution is -0.140. The Bertz CT molecular complexity index is 520. The summed E-state index contributed by atoms with van der Waals surface area (Å²) in [4.78, 5) is 28.0. The molecule has 0 radical (unpaired) electrons. The summed E-state index contributed by atoms with van der Waals surface area (Å²) in [6.45, 7) is 1.79. The second-order valence-electron chi connectivity index (χ2n) is 5.06. The number of rotatable bonds is 1. The number of halogens is 1. The minimum Gasteiger partial charge on any atom is -0.353 e. The average Bonchev–Trinajstić information content (AvgIpc) is 2.64. The summed E-state index contributed by atoms with van der Waals surface area (Å²) in [6.07, 6.45) is -1.36. The summed E-state index contributed by atoms with van der Waals surface area (Å²) in [5.74, 6) is -0.451. The third kappa shape index (κ3) is 1.87. The smallest absolute Gasteiger partial charge is 0.328 e. The Labute approximate surface area is 122 Å². The second kappa shape index (κ2) is 4.59. The monoisotopic (exact) mass is 345 g/mol. The lowest BCUT2D eigenvalue weighted by Gasteiger charge is -2.44. The number of hydrogen-bond acceptors (Lipinski definition) is 5. The van der Waals surface area contributed by atoms with E-state index in [0.717, 1.165) is 0 Å². The molecule has 1 N–H and O–H groups in total. The van der Waals surface area contributed by atoms with Crippen LogP contribution in [-0.2, 0) is 14.3 Å². The molecule has 3 rings (SSSR count). The SMILES string of the molecule is C[C@]1(Br)C(=O)NC(=O)N2[C@H]3C[C@H](N=[N+]=[N-])[C@@H](CO[C@@H]21)O3. The van der Waals surface area contributed by atoms with E-state index in [0.29, 0.717) is 6.42 Å². The van der Waals surface area contributed by atoms with Crippen molar-refractivity contribution in [2.45, 2.75) is 42.3 Å². The predicted molar refractivity (Wildman–Crippen MR) is 68.7 cm³/mol. The number of nitrogens with one attached hydrogen (secondary N) is 1. The highest BCUT2D eigenvalue weighted by atomic mass is 79.9. The number of carbonyl (C=O) groups excluding carboxylic acids is 2. The van der Waals surface area contributed by atoms with Gasteiger partial charge < -0.3 is 9.47 Å². The van der Waals surface area contributed by atoms with Crippen molar-refractivity contribution >= 4 is 27.9 Å². The van der Waals surface area contributed by atoms with Crippen LogP contribution in [0.25, 0.3) is 10.4 Å². The molecule has 3 heterocycles. The molecule has 2 bridgehead atoms. The highest BCUT2D eigenvalue weighted by Crippen LogP contribution is 2.39. The number of nitrogens with zero attached hydrogens (tertiary/aromatic N) is 4. The van der Waals surface area contributed by atoms with Crippen LogP contribution in [0.4, 0.5) is 4.79 Å². The maximum absolute atomic E-state index is 12.0. The molecule has 0 aliphatic carbocycles. The Morgan fingerprint density at radius 2 is 2.35 bits per heavy atom. The number of urea groups is 1. The van der Waals surface area contributed by atoms with Gasteiger partial charge in [0.05, 0.1) is 18.8 Å². The zero-order chi connectivity index (χ0) is 14.5. The first kappa shape index (κ1) is 13.6. The van der Waals surface area contributed by atoms with Crippen LogP contribution in [0.1, 0.15) is 13.3 Å². The zero-order valence-electron chi connectivity index (χ0n) is 10.5. The number of alkyl halides is 1. The molecule has 3 aliphatic heterocycles. The van der Waals surface area contributed by atoms with Gasteiger partial charge in [0.15, 0.2) is 6.23 Å². The molecule has 0 unspecified atom stereocenters. The molecule has 3 saturated heterocycles. The number of fused-ring (bicyclic) bond motifs is 4. The summed E-state index contributed by atoms with van der Waals surface area (Å²) in [5.41, 5.74) is 8.54. The third-order valence-corrected chi connectivity index (χ3v) is 4.50. The Hall–Kier alpha value is -1.35. The van der Waals surface area contributed by atoms with Crippen LogP contribution >= 0.6 is 15.9 Å². The fraction of sp³-hybridized carbons (Fsp3) is 0.800. The number of azide groups is 1. The van der Waals surface area contributed by atoms with Gasteiger partial charge in [-0.15, -0.1) is 0 Å². The van der Waals surface area contributed by atoms with Crippen molar-refractivity contribution in [1.29, 1.82) is 0 Å². The van der Waals surface area contributed by atoms with Crippen LogP contribution < -0.4 is 5.32 Å². The van der Waals surface area contributed by atoms with Crippen LogP contribution in [0.3, 0.4) is 0 Å². The van der Waals surface area contributed by atoms with Gasteiger partial charge in [-0.3, -0.25) is 15.0 Å². The number of ether oxygens (including phenoxy) is 2. The van der Waals surface area contributed by atoms with Gasteiger partial charge in [0, 0.05) is 11.3 Å². The quantitative estimate of drug-likeness (QED) is 0.328. The van der Waals surface area contributed by atoms with Gasteiger partial charge in [-0.1, -0.05) is 21.0 Å². The maximum Gasteiger partial charge on any atom is 0.328 e. The van der Waals surface area contributed by atoms with Gasteiger partial charge in [-0.2, -0.15) is 0 Å². The van der Waals surface area contributed by atoms with Gasteiger partial charge in [-0.25, -0.2) is 4.79 Å². The first-order valence-electron chi connectivity index (χ1n) is 6.09. The summed E-state index contributed by atoms with van der Waals surface area (Å²) < 4.78 is 10.3. The molecule has 0 aromatic rings. The van der Waals surface area contributed by atoms with Crippen LogP contribution in [0.2, 0.25) is 0 Å². The first-order chi connectivity index (χ1) is 9.45. The molecule has 20 heavy (non-hydrogen) atoms. The van der Waals surface area contributed by atoms with Crippen LogP contribution in [-0.4, -0.2) is 52.4 Å². The van der Waals surface area contributed by atoms with E-state index < -0.39 is 34.8 Å². The lowest BCUT2D eigenvalue weighted by atomic mass is 10.0. The van der Waals surface area contributed by atoms with E-state index in [1.165, 1.54) is 4.90 Å². The maximum atomic E-state index is 12.0. The molecular weight excluding hydrogens is 334 g/mol. The lowest BCUT2D eigenvalue weighted by Crippen LogP contribution is -2.69. The molecule has 10 heteroatoms. The minimum absolute atomic E-state index is 0.156. The summed E-state index contributed by atoms with van der Waals surface area (Å²) in [7, 11) is 0. The third-order valence-electron chi connectivity index (χ3n) is 3.75. The molecule has 0 aromatic carbocycles. The van der Waals surface area contributed by atoms with E-state index in [4.69, 9.17) is 15.0 Å². The molecule has 3 aliphatic rings. The Morgan fingerprint density at radius 1 is 1.60 bits per heavy atom. The van der Waals surface area contributed by atoms with Crippen molar-refractivity contribution in [1.82, 2.24) is 10.2 Å². The molecule has 0 spiro atoms. The largest absolute Gasteiger partial charge is 0.353 e. The minimum atomic E-state index is -1.05. The van der Waals surface area contributed by atoms with Crippen molar-refractivity contribution in [2.24, 2.45) is 5.11 Å². The molecule has 108 valence electrons. The van der Waals surface area contributed by atoms with Crippen LogP contribution in [0, 0.1) is 0 Å². The highest BCUT2D eigenvalue weighted by Gasteiger charge is 2.56. The fourth-order valence-corrected chi connectivity index (χ4v) is 3.14. The number of imide groups is 1. The normalized spacial score (nSPS) is 43.4. The van der Waals surface area contributed by atoms with Gasteiger partial charge in [0.25, 0.3) is 0 Å². The number of carbonyl (C=O) groups is 2. The van der Waals surface area contributed by atoms with E-state index >= 15 is 0 Å². The van der Waals surface area contributed by atoms with E-state index in [1.54, 1.807) is 6.92 Å². The summed E-state index contributed by atoms with van der Waals surface area (Å²) >= 11 is 3.31. The van der Waals surface area contributed by atoms with Crippen molar-refractivity contribution in [3.8, 4) is 0 Å². The standard InChI is InChI=1S/C10H12BrN5O4/c1-10(11)7(17)13-9(18)16-6-2-4(14-15-12)5(20-6)3-19-8(10)16/h4-6,8H,2-3H2,1H3,(H,13,17,18)/t4-,5+,6+,8+,10-/m0/s1. The molecule has 3 amide bonds. The van der Waals surface area contributed by atoms with E-state index in [9.17, 15) is 9.59 Å². The van der Waals surface area contributed by atoms with E-state index in [1.807, 2.05) is 0 Å². The van der Waals surface area contributed by atoms with Gasteiger partial charge in [-0.05, 0) is 12.5 Å². The van der Waals surface area contributed by atoms with Gasteiger partial charge >= 0.3 is 6.03 Å². The first-order valence-corrected chi connectivity index (χ1v) is 6.88. The molecule has 0 aromatic heterocycles. The van der Waals surface area contributed by atoms with Crippen LogP contribution in [0.15, 0.2) is 5.11 Å².